The number of nitro groups is 1. The van der Waals surface area contributed by atoms with Crippen molar-refractivity contribution < 1.29 is 13.8 Å². The molecule has 2 aromatic heterocycles. The van der Waals surface area contributed by atoms with Gasteiger partial charge in [-0.25, -0.2) is 4.39 Å². The molecule has 1 aliphatic rings. The lowest BCUT2D eigenvalue weighted by molar-refractivity contribution is -0.385. The number of benzene rings is 1. The molecule has 1 saturated heterocycles. The van der Waals surface area contributed by atoms with Crippen molar-refractivity contribution in [1.29, 1.82) is 0 Å². The first-order chi connectivity index (χ1) is 13.1. The Morgan fingerprint density at radius 1 is 1.21 bits per heavy atom. The summed E-state index contributed by atoms with van der Waals surface area (Å²) in [6.07, 6.45) is 0. The van der Waals surface area contributed by atoms with Crippen LogP contribution >= 0.6 is 23.7 Å². The topological polar surface area (TPSA) is 75.7 Å². The predicted molar refractivity (Wildman–Crippen MR) is 108 cm³/mol. The van der Waals surface area contributed by atoms with Gasteiger partial charge in [0.05, 0.1) is 28.1 Å². The number of anilines is 1. The summed E-state index contributed by atoms with van der Waals surface area (Å²) in [6.45, 7) is 3.41. The molecule has 0 amide bonds. The summed E-state index contributed by atoms with van der Waals surface area (Å²) in [5, 5.41) is 16.9. The Hall–Kier alpha value is -2.49. The quantitative estimate of drug-likeness (QED) is 0.451. The van der Waals surface area contributed by atoms with E-state index in [1.54, 1.807) is 11.3 Å². The minimum absolute atomic E-state index is 0. The molecule has 0 atom stereocenters. The number of rotatable bonds is 5. The van der Waals surface area contributed by atoms with Crippen LogP contribution < -0.4 is 4.90 Å². The van der Waals surface area contributed by atoms with Crippen molar-refractivity contribution in [3.8, 4) is 10.6 Å². The average Bonchev–Trinajstić information content (AvgIpc) is 3.34. The predicted octanol–water partition coefficient (Wildman–Crippen LogP) is 4.19. The van der Waals surface area contributed by atoms with Crippen LogP contribution in [0.15, 0.2) is 46.3 Å². The zero-order chi connectivity index (χ0) is 18.8. The standard InChI is InChI=1S/C18H17FN4O3S.ClH/c19-15-10-13(23(24)25)3-4-17(15)22-7-5-21(6-8-22)12-14-11-16(20-26-14)18-2-1-9-27-18;/h1-4,9-11H,5-8,12H2;1H. The van der Waals surface area contributed by atoms with Gasteiger partial charge in [0.15, 0.2) is 11.6 Å². The molecule has 0 bridgehead atoms. The van der Waals surface area contributed by atoms with Crippen LogP contribution in [-0.2, 0) is 6.54 Å². The Labute approximate surface area is 170 Å². The Kier molecular flexibility index (Phi) is 6.28. The summed E-state index contributed by atoms with van der Waals surface area (Å²) in [5.41, 5.74) is 1.01. The number of hydrogen-bond acceptors (Lipinski definition) is 7. The summed E-state index contributed by atoms with van der Waals surface area (Å²) in [7, 11) is 0. The first-order valence-electron chi connectivity index (χ1n) is 8.51. The Bertz CT molecular complexity index is 942. The fourth-order valence-corrected chi connectivity index (χ4v) is 3.84. The number of nitrogens with zero attached hydrogens (tertiary/aromatic N) is 4. The summed E-state index contributed by atoms with van der Waals surface area (Å²) >= 11 is 1.62. The average molecular weight is 425 g/mol. The third-order valence-electron chi connectivity index (χ3n) is 4.57. The normalized spacial score (nSPS) is 14.7. The van der Waals surface area contributed by atoms with Gasteiger partial charge in [-0.1, -0.05) is 11.2 Å². The Morgan fingerprint density at radius 2 is 2.00 bits per heavy atom. The lowest BCUT2D eigenvalue weighted by Crippen LogP contribution is -2.46. The maximum Gasteiger partial charge on any atom is 0.272 e. The molecule has 28 heavy (non-hydrogen) atoms. The number of halogens is 2. The molecule has 3 aromatic rings. The molecule has 148 valence electrons. The molecule has 3 heterocycles. The van der Waals surface area contributed by atoms with E-state index in [0.717, 1.165) is 35.5 Å². The van der Waals surface area contributed by atoms with Crippen molar-refractivity contribution in [3.63, 3.8) is 0 Å². The number of aromatic nitrogens is 1. The zero-order valence-electron chi connectivity index (χ0n) is 14.8. The van der Waals surface area contributed by atoms with Gasteiger partial charge in [0, 0.05) is 38.3 Å². The lowest BCUT2D eigenvalue weighted by atomic mass is 10.2. The maximum absolute atomic E-state index is 14.2. The fourth-order valence-electron chi connectivity index (χ4n) is 3.16. The number of piperazine rings is 1. The van der Waals surface area contributed by atoms with Crippen LogP contribution in [0.3, 0.4) is 0 Å². The van der Waals surface area contributed by atoms with Crippen LogP contribution in [0.2, 0.25) is 0 Å². The highest BCUT2D eigenvalue weighted by atomic mass is 35.5. The second-order valence-electron chi connectivity index (χ2n) is 6.31. The van der Waals surface area contributed by atoms with Crippen LogP contribution in [0.1, 0.15) is 5.76 Å². The van der Waals surface area contributed by atoms with Crippen LogP contribution in [0.25, 0.3) is 10.6 Å². The number of hydrogen-bond donors (Lipinski definition) is 0. The van der Waals surface area contributed by atoms with Crippen molar-refractivity contribution in [3.05, 3.63) is 63.5 Å². The van der Waals surface area contributed by atoms with Gasteiger partial charge < -0.3 is 9.42 Å². The van der Waals surface area contributed by atoms with E-state index in [1.165, 1.54) is 12.1 Å². The van der Waals surface area contributed by atoms with Crippen molar-refractivity contribution in [2.75, 3.05) is 31.1 Å². The smallest absolute Gasteiger partial charge is 0.272 e. The van der Waals surface area contributed by atoms with Gasteiger partial charge in [0.25, 0.3) is 5.69 Å². The first-order valence-corrected chi connectivity index (χ1v) is 9.39. The Morgan fingerprint density at radius 3 is 2.64 bits per heavy atom. The third-order valence-corrected chi connectivity index (χ3v) is 5.46. The van der Waals surface area contributed by atoms with Gasteiger partial charge in [-0.2, -0.15) is 0 Å². The SMILES string of the molecule is Cl.O=[N+]([O-])c1ccc(N2CCN(Cc3cc(-c4cccs4)no3)CC2)c(F)c1. The molecule has 4 rings (SSSR count). The van der Waals surface area contributed by atoms with Gasteiger partial charge in [-0.05, 0) is 17.5 Å². The molecule has 1 fully saturated rings. The van der Waals surface area contributed by atoms with Gasteiger partial charge in [-0.15, -0.1) is 23.7 Å². The molecular weight excluding hydrogens is 407 g/mol. The second-order valence-corrected chi connectivity index (χ2v) is 7.26. The third kappa shape index (κ3) is 4.32. The fraction of sp³-hybridized carbons (Fsp3) is 0.278. The molecule has 1 aliphatic heterocycles. The van der Waals surface area contributed by atoms with E-state index in [9.17, 15) is 14.5 Å². The molecule has 1 aromatic carbocycles. The summed E-state index contributed by atoms with van der Waals surface area (Å²) < 4.78 is 19.6. The molecule has 0 unspecified atom stereocenters. The second kappa shape index (κ2) is 8.68. The highest BCUT2D eigenvalue weighted by Crippen LogP contribution is 2.27. The van der Waals surface area contributed by atoms with Gasteiger partial charge in [0.2, 0.25) is 0 Å². The minimum Gasteiger partial charge on any atom is -0.367 e. The Balaban J connectivity index is 0.00000225. The van der Waals surface area contributed by atoms with E-state index >= 15 is 0 Å². The van der Waals surface area contributed by atoms with Crippen molar-refractivity contribution >= 4 is 35.1 Å². The molecular formula is C18H18ClFN4O3S. The minimum atomic E-state index is -0.591. The van der Waals surface area contributed by atoms with Crippen LogP contribution in [0, 0.1) is 15.9 Å². The van der Waals surface area contributed by atoms with Crippen molar-refractivity contribution in [1.82, 2.24) is 10.1 Å². The van der Waals surface area contributed by atoms with Crippen molar-refractivity contribution in [2.24, 2.45) is 0 Å². The van der Waals surface area contributed by atoms with Crippen LogP contribution in [0.5, 0.6) is 0 Å². The van der Waals surface area contributed by atoms with E-state index in [2.05, 4.69) is 10.1 Å². The monoisotopic (exact) mass is 424 g/mol. The summed E-state index contributed by atoms with van der Waals surface area (Å²) in [6, 6.07) is 9.73. The lowest BCUT2D eigenvalue weighted by Gasteiger charge is -2.35. The number of non-ortho nitro benzene ring substituents is 1. The van der Waals surface area contributed by atoms with Gasteiger partial charge in [0.1, 0.15) is 5.69 Å². The van der Waals surface area contributed by atoms with Gasteiger partial charge >= 0.3 is 0 Å². The van der Waals surface area contributed by atoms with Crippen LogP contribution in [-0.4, -0.2) is 41.2 Å². The summed E-state index contributed by atoms with van der Waals surface area (Å²) in [5.74, 6) is 0.238. The highest BCUT2D eigenvalue weighted by molar-refractivity contribution is 7.13. The van der Waals surface area contributed by atoms with E-state index in [4.69, 9.17) is 4.52 Å². The van der Waals surface area contributed by atoms with Crippen LogP contribution in [0.4, 0.5) is 15.8 Å². The largest absolute Gasteiger partial charge is 0.367 e. The van der Waals surface area contributed by atoms with E-state index < -0.39 is 10.7 Å². The van der Waals surface area contributed by atoms with Gasteiger partial charge in [-0.3, -0.25) is 15.0 Å². The number of thiophene rings is 1. The zero-order valence-corrected chi connectivity index (χ0v) is 16.4. The molecule has 7 nitrogen and oxygen atoms in total. The molecule has 10 heteroatoms. The molecule has 0 N–H and O–H groups in total. The molecule has 0 saturated carbocycles. The first kappa shape index (κ1) is 20.2. The van der Waals surface area contributed by atoms with E-state index in [0.29, 0.717) is 25.3 Å². The maximum atomic E-state index is 14.2. The van der Waals surface area contributed by atoms with E-state index in [-0.39, 0.29) is 18.1 Å². The molecule has 0 radical (unpaired) electrons. The number of nitro benzene ring substituents is 1. The van der Waals surface area contributed by atoms with Crippen molar-refractivity contribution in [2.45, 2.75) is 6.54 Å². The molecule has 0 aliphatic carbocycles. The molecule has 0 spiro atoms. The summed E-state index contributed by atoms with van der Waals surface area (Å²) in [4.78, 5) is 15.4. The van der Waals surface area contributed by atoms with E-state index in [1.807, 2.05) is 28.5 Å². The highest BCUT2D eigenvalue weighted by Gasteiger charge is 2.22.